The van der Waals surface area contributed by atoms with E-state index in [4.69, 9.17) is 18.9 Å². The van der Waals surface area contributed by atoms with Crippen LogP contribution in [0.4, 0.5) is 0 Å². The van der Waals surface area contributed by atoms with E-state index in [0.717, 1.165) is 43.5 Å². The first-order chi connectivity index (χ1) is 15.3. The van der Waals surface area contributed by atoms with Gasteiger partial charge in [0, 0.05) is 23.8 Å². The van der Waals surface area contributed by atoms with Crippen molar-refractivity contribution < 1.29 is 18.9 Å². The van der Waals surface area contributed by atoms with Gasteiger partial charge in [-0.1, -0.05) is 13.2 Å². The molecule has 6 heteroatoms. The molecule has 168 valence electrons. The van der Waals surface area contributed by atoms with E-state index in [2.05, 4.69) is 35.3 Å². The fourth-order valence-corrected chi connectivity index (χ4v) is 3.06. The molecule has 0 saturated carbocycles. The zero-order chi connectivity index (χ0) is 22.0. The highest BCUT2D eigenvalue weighted by atomic mass is 16.5. The van der Waals surface area contributed by atoms with Crippen LogP contribution in [-0.4, -0.2) is 49.6 Å². The van der Waals surface area contributed by atoms with E-state index in [1.165, 1.54) is 23.7 Å². The zero-order valence-electron chi connectivity index (χ0n) is 18.3. The summed E-state index contributed by atoms with van der Waals surface area (Å²) < 4.78 is 21.2. The minimum absolute atomic E-state index is 0.540. The first-order valence-corrected chi connectivity index (χ1v) is 10.8. The number of pyridine rings is 2. The number of aryl methyl sites for hydroxylation is 2. The maximum atomic E-state index is 5.56. The molecule has 2 rings (SSSR count). The average molecular weight is 427 g/mol. The molecular weight excluding hydrogens is 392 g/mol. The highest BCUT2D eigenvalue weighted by molar-refractivity contribution is 5.18. The predicted octanol–water partition coefficient (Wildman–Crippen LogP) is 4.09. The van der Waals surface area contributed by atoms with Crippen molar-refractivity contribution in [1.82, 2.24) is 9.97 Å². The minimum Gasteiger partial charge on any atom is -0.499 e. The Hall–Kier alpha value is -2.70. The summed E-state index contributed by atoms with van der Waals surface area (Å²) in [4.78, 5) is 9.01. The van der Waals surface area contributed by atoms with E-state index in [1.807, 2.05) is 24.5 Å². The largest absolute Gasteiger partial charge is 0.499 e. The van der Waals surface area contributed by atoms with Crippen molar-refractivity contribution in [1.29, 1.82) is 0 Å². The summed E-state index contributed by atoms with van der Waals surface area (Å²) in [5.41, 5.74) is 4.71. The molecule has 6 nitrogen and oxygen atoms in total. The Labute approximate surface area is 185 Å². The molecule has 0 spiro atoms. The monoisotopic (exact) mass is 426 g/mol. The van der Waals surface area contributed by atoms with Crippen molar-refractivity contribution in [2.24, 2.45) is 0 Å². The molecule has 0 radical (unpaired) electrons. The second-order valence-electron chi connectivity index (χ2n) is 6.96. The van der Waals surface area contributed by atoms with Crippen molar-refractivity contribution in [2.75, 3.05) is 39.6 Å². The van der Waals surface area contributed by atoms with Gasteiger partial charge in [0.05, 0.1) is 39.0 Å². The smallest absolute Gasteiger partial charge is 0.111 e. The van der Waals surface area contributed by atoms with Gasteiger partial charge in [-0.05, 0) is 67.5 Å². The molecule has 2 aromatic heterocycles. The Bertz CT molecular complexity index is 703. The first kappa shape index (κ1) is 24.6. The number of ether oxygens (including phenoxy) is 4. The average Bonchev–Trinajstić information content (AvgIpc) is 2.79. The Morgan fingerprint density at radius 1 is 0.645 bits per heavy atom. The molecule has 0 saturated heterocycles. The quantitative estimate of drug-likeness (QED) is 0.264. The van der Waals surface area contributed by atoms with Gasteiger partial charge in [0.2, 0.25) is 0 Å². The van der Waals surface area contributed by atoms with E-state index >= 15 is 0 Å². The summed E-state index contributed by atoms with van der Waals surface area (Å²) in [6, 6.07) is 8.43. The van der Waals surface area contributed by atoms with Gasteiger partial charge in [0.25, 0.3) is 0 Å². The van der Waals surface area contributed by atoms with Crippen molar-refractivity contribution in [2.45, 2.75) is 32.1 Å². The van der Waals surface area contributed by atoms with Crippen LogP contribution in [0.15, 0.2) is 62.3 Å². The summed E-state index contributed by atoms with van der Waals surface area (Å²) in [6.07, 6.45) is 11.2. The highest BCUT2D eigenvalue weighted by Gasteiger charge is 2.02. The number of nitrogens with zero attached hydrogens (tertiary/aromatic N) is 2. The van der Waals surface area contributed by atoms with E-state index < -0.39 is 0 Å². The summed E-state index contributed by atoms with van der Waals surface area (Å²) in [5, 5.41) is 0. The molecule has 0 aliphatic heterocycles. The van der Waals surface area contributed by atoms with Crippen LogP contribution in [0.25, 0.3) is 0 Å². The summed E-state index contributed by atoms with van der Waals surface area (Å²) >= 11 is 0. The molecule has 2 heterocycles. The lowest BCUT2D eigenvalue weighted by atomic mass is 10.1. The highest BCUT2D eigenvalue weighted by Crippen LogP contribution is 2.10. The van der Waals surface area contributed by atoms with E-state index in [1.54, 1.807) is 0 Å². The molecule has 0 unspecified atom stereocenters. The number of hydrogen-bond acceptors (Lipinski definition) is 6. The minimum atomic E-state index is 0.540. The summed E-state index contributed by atoms with van der Waals surface area (Å²) in [6.45, 7) is 10.6. The molecule has 0 aliphatic rings. The van der Waals surface area contributed by atoms with Crippen LogP contribution in [-0.2, 0) is 44.6 Å². The fraction of sp³-hybridized carbons (Fsp3) is 0.440. The summed E-state index contributed by atoms with van der Waals surface area (Å²) in [5.74, 6) is 0. The van der Waals surface area contributed by atoms with Gasteiger partial charge in [0.1, 0.15) is 13.2 Å². The van der Waals surface area contributed by atoms with E-state index in [-0.39, 0.29) is 0 Å². The SMILES string of the molecule is C=COCCOCCc1ccnc(CCCc2cc(CCOCCOC=C)ccn2)c1. The van der Waals surface area contributed by atoms with Gasteiger partial charge < -0.3 is 18.9 Å². The Morgan fingerprint density at radius 3 is 1.58 bits per heavy atom. The van der Waals surface area contributed by atoms with Crippen molar-refractivity contribution in [3.8, 4) is 0 Å². The lowest BCUT2D eigenvalue weighted by molar-refractivity contribution is 0.0870. The van der Waals surface area contributed by atoms with Crippen LogP contribution in [0.1, 0.15) is 28.9 Å². The topological polar surface area (TPSA) is 62.7 Å². The molecule has 2 aromatic rings. The van der Waals surface area contributed by atoms with Crippen LogP contribution in [0.5, 0.6) is 0 Å². The molecule has 0 atom stereocenters. The molecule has 31 heavy (non-hydrogen) atoms. The van der Waals surface area contributed by atoms with Crippen LogP contribution in [0.3, 0.4) is 0 Å². The fourth-order valence-electron chi connectivity index (χ4n) is 3.06. The second-order valence-corrected chi connectivity index (χ2v) is 6.96. The van der Waals surface area contributed by atoms with Gasteiger partial charge in [-0.2, -0.15) is 0 Å². The predicted molar refractivity (Wildman–Crippen MR) is 122 cm³/mol. The molecule has 0 fully saturated rings. The standard InChI is InChI=1S/C25H34N2O4/c1-3-28-16-18-30-14-10-22-8-12-26-24(20-22)6-5-7-25-21-23(9-13-27-25)11-15-31-19-17-29-4-2/h3-4,8-9,12-13,20-21H,1-2,5-7,10-11,14-19H2. The number of aromatic nitrogens is 2. The van der Waals surface area contributed by atoms with Crippen LogP contribution < -0.4 is 0 Å². The van der Waals surface area contributed by atoms with Crippen molar-refractivity contribution in [3.05, 3.63) is 84.9 Å². The molecule has 0 bridgehead atoms. The molecule has 0 aliphatic carbocycles. The molecular formula is C25H34N2O4. The number of hydrogen-bond donors (Lipinski definition) is 0. The normalized spacial score (nSPS) is 10.6. The van der Waals surface area contributed by atoms with Gasteiger partial charge >= 0.3 is 0 Å². The maximum absolute atomic E-state index is 5.56. The van der Waals surface area contributed by atoms with Crippen LogP contribution >= 0.6 is 0 Å². The van der Waals surface area contributed by atoms with Gasteiger partial charge in [-0.15, -0.1) is 0 Å². The summed E-state index contributed by atoms with van der Waals surface area (Å²) in [7, 11) is 0. The van der Waals surface area contributed by atoms with Crippen molar-refractivity contribution in [3.63, 3.8) is 0 Å². The first-order valence-electron chi connectivity index (χ1n) is 10.8. The molecule has 0 amide bonds. The molecule has 0 N–H and O–H groups in total. The molecule has 0 aromatic carbocycles. The zero-order valence-corrected chi connectivity index (χ0v) is 18.3. The third-order valence-corrected chi connectivity index (χ3v) is 4.62. The van der Waals surface area contributed by atoms with E-state index in [0.29, 0.717) is 39.6 Å². The lowest BCUT2D eigenvalue weighted by Gasteiger charge is -2.07. The third-order valence-electron chi connectivity index (χ3n) is 4.62. The Morgan fingerprint density at radius 2 is 1.13 bits per heavy atom. The third kappa shape index (κ3) is 11.3. The van der Waals surface area contributed by atoms with Gasteiger partial charge in [-0.3, -0.25) is 9.97 Å². The maximum Gasteiger partial charge on any atom is 0.111 e. The van der Waals surface area contributed by atoms with E-state index in [9.17, 15) is 0 Å². The van der Waals surface area contributed by atoms with Gasteiger partial charge in [-0.25, -0.2) is 0 Å². The van der Waals surface area contributed by atoms with Crippen LogP contribution in [0.2, 0.25) is 0 Å². The second kappa shape index (κ2) is 16.1. The van der Waals surface area contributed by atoms with Crippen LogP contribution in [0, 0.1) is 0 Å². The number of rotatable bonds is 18. The lowest BCUT2D eigenvalue weighted by Crippen LogP contribution is -2.05. The Kier molecular flexibility index (Phi) is 12.7. The Balaban J connectivity index is 1.67. The van der Waals surface area contributed by atoms with Gasteiger partial charge in [0.15, 0.2) is 0 Å². The van der Waals surface area contributed by atoms with Crippen molar-refractivity contribution >= 4 is 0 Å².